The van der Waals surface area contributed by atoms with E-state index in [4.69, 9.17) is 0 Å². The number of hydrogen-bond donors (Lipinski definition) is 3. The van der Waals surface area contributed by atoms with Gasteiger partial charge in [0.15, 0.2) is 5.82 Å². The van der Waals surface area contributed by atoms with Crippen LogP contribution < -0.4 is 10.6 Å². The molecule has 1 aromatic rings. The first-order chi connectivity index (χ1) is 7.97. The number of thioether (sulfide) groups is 1. The van der Waals surface area contributed by atoms with E-state index in [2.05, 4.69) is 52.0 Å². The molecule has 96 valence electrons. The summed E-state index contributed by atoms with van der Waals surface area (Å²) in [4.78, 5) is 11.3. The average Bonchev–Trinajstić information content (AvgIpc) is 2.73. The Kier molecular flexibility index (Phi) is 5.20. The van der Waals surface area contributed by atoms with Crippen molar-refractivity contribution in [3.05, 3.63) is 5.82 Å². The third kappa shape index (κ3) is 6.77. The second-order valence-electron chi connectivity index (χ2n) is 4.40. The number of carbonyl (C=O) groups is 1. The van der Waals surface area contributed by atoms with Gasteiger partial charge in [-0.3, -0.25) is 0 Å². The fraction of sp³-hybridized carbons (Fsp3) is 0.778. The maximum absolute atomic E-state index is 11.3. The Hall–Kier alpha value is -1.31. The molecule has 1 heterocycles. The van der Waals surface area contributed by atoms with E-state index in [0.717, 1.165) is 5.75 Å². The number of H-pyrrole nitrogens is 1. The Balaban J connectivity index is 2.06. The molecular formula is C9H18N6OS. The molecule has 1 aromatic heterocycles. The Morgan fingerprint density at radius 1 is 1.41 bits per heavy atom. The summed E-state index contributed by atoms with van der Waals surface area (Å²) in [6.45, 7) is 7.35. The minimum atomic E-state index is -0.218. The lowest BCUT2D eigenvalue weighted by molar-refractivity contribution is 0.241. The molecule has 7 nitrogen and oxygen atoms in total. The number of aromatic amines is 1. The molecule has 8 heteroatoms. The predicted molar refractivity (Wildman–Crippen MR) is 66.6 cm³/mol. The third-order valence-corrected chi connectivity index (χ3v) is 2.99. The van der Waals surface area contributed by atoms with Crippen LogP contribution in [0.5, 0.6) is 0 Å². The van der Waals surface area contributed by atoms with Gasteiger partial charge in [0, 0.05) is 17.0 Å². The van der Waals surface area contributed by atoms with Crippen molar-refractivity contribution in [2.45, 2.75) is 32.1 Å². The fourth-order valence-electron chi connectivity index (χ4n) is 1.00. The van der Waals surface area contributed by atoms with Crippen molar-refractivity contribution in [1.82, 2.24) is 31.3 Å². The summed E-state index contributed by atoms with van der Waals surface area (Å²) < 4.78 is 0.225. The molecule has 0 fully saturated rings. The molecule has 0 bridgehead atoms. The van der Waals surface area contributed by atoms with E-state index in [0.29, 0.717) is 12.4 Å². The number of hydrogen-bond acceptors (Lipinski definition) is 5. The smallest absolute Gasteiger partial charge is 0.315 e. The van der Waals surface area contributed by atoms with Gasteiger partial charge in [-0.25, -0.2) is 4.79 Å². The van der Waals surface area contributed by atoms with Gasteiger partial charge in [-0.15, -0.1) is 10.2 Å². The molecule has 0 saturated carbocycles. The summed E-state index contributed by atoms with van der Waals surface area (Å²) in [5.74, 6) is 1.35. The van der Waals surface area contributed by atoms with Crippen LogP contribution in [0, 0.1) is 0 Å². The summed E-state index contributed by atoms with van der Waals surface area (Å²) in [5, 5.41) is 18.6. The van der Waals surface area contributed by atoms with Crippen LogP contribution in [0.3, 0.4) is 0 Å². The number of tetrazole rings is 1. The lowest BCUT2D eigenvalue weighted by Crippen LogP contribution is -2.36. The van der Waals surface area contributed by atoms with Crippen LogP contribution in [0.1, 0.15) is 26.6 Å². The van der Waals surface area contributed by atoms with Crippen molar-refractivity contribution in [3.63, 3.8) is 0 Å². The average molecular weight is 258 g/mol. The fourth-order valence-corrected chi connectivity index (χ4v) is 1.82. The summed E-state index contributed by atoms with van der Waals surface area (Å²) in [7, 11) is 0. The van der Waals surface area contributed by atoms with Crippen LogP contribution in [-0.4, -0.2) is 43.7 Å². The highest BCUT2D eigenvalue weighted by Gasteiger charge is 2.10. The topological polar surface area (TPSA) is 95.6 Å². The highest BCUT2D eigenvalue weighted by atomic mass is 32.2. The molecule has 2 amide bonds. The largest absolute Gasteiger partial charge is 0.337 e. The number of urea groups is 1. The molecule has 0 radical (unpaired) electrons. The zero-order valence-corrected chi connectivity index (χ0v) is 11.1. The molecule has 0 saturated heterocycles. The molecule has 0 atom stereocenters. The second kappa shape index (κ2) is 6.43. The monoisotopic (exact) mass is 258 g/mol. The van der Waals surface area contributed by atoms with Gasteiger partial charge in [0.05, 0.1) is 6.54 Å². The van der Waals surface area contributed by atoms with Gasteiger partial charge in [0.1, 0.15) is 0 Å². The Morgan fingerprint density at radius 3 is 2.76 bits per heavy atom. The van der Waals surface area contributed by atoms with E-state index in [1.807, 2.05) is 11.8 Å². The van der Waals surface area contributed by atoms with Gasteiger partial charge in [0.2, 0.25) is 0 Å². The van der Waals surface area contributed by atoms with Crippen molar-refractivity contribution in [2.24, 2.45) is 0 Å². The van der Waals surface area contributed by atoms with Gasteiger partial charge in [0.25, 0.3) is 0 Å². The van der Waals surface area contributed by atoms with Crippen LogP contribution in [0.15, 0.2) is 0 Å². The molecule has 0 unspecified atom stereocenters. The van der Waals surface area contributed by atoms with E-state index in [9.17, 15) is 4.79 Å². The first-order valence-corrected chi connectivity index (χ1v) is 6.34. The van der Waals surface area contributed by atoms with Gasteiger partial charge < -0.3 is 10.6 Å². The van der Waals surface area contributed by atoms with Crippen molar-refractivity contribution >= 4 is 17.8 Å². The molecular weight excluding hydrogens is 240 g/mol. The maximum atomic E-state index is 11.3. The van der Waals surface area contributed by atoms with E-state index in [1.165, 1.54) is 0 Å². The molecule has 0 aliphatic heterocycles. The Morgan fingerprint density at radius 2 is 2.18 bits per heavy atom. The van der Waals surface area contributed by atoms with Gasteiger partial charge in [-0.05, 0) is 0 Å². The molecule has 17 heavy (non-hydrogen) atoms. The van der Waals surface area contributed by atoms with Crippen molar-refractivity contribution in [2.75, 3.05) is 12.3 Å². The number of carbonyl (C=O) groups excluding carboxylic acids is 1. The van der Waals surface area contributed by atoms with Gasteiger partial charge in [-0.1, -0.05) is 26.0 Å². The molecule has 0 aliphatic carbocycles. The van der Waals surface area contributed by atoms with E-state index >= 15 is 0 Å². The normalized spacial score (nSPS) is 11.2. The first-order valence-electron chi connectivity index (χ1n) is 5.35. The second-order valence-corrected chi connectivity index (χ2v) is 6.32. The van der Waals surface area contributed by atoms with Crippen LogP contribution in [0.25, 0.3) is 0 Å². The van der Waals surface area contributed by atoms with Crippen LogP contribution >= 0.6 is 11.8 Å². The van der Waals surface area contributed by atoms with E-state index < -0.39 is 0 Å². The van der Waals surface area contributed by atoms with Crippen molar-refractivity contribution in [1.29, 1.82) is 0 Å². The Labute approximate surface area is 105 Å². The number of nitrogens with one attached hydrogen (secondary N) is 3. The standard InChI is InChI=1S/C9H18N6OS/c1-9(2,3)17-5-4-10-8(16)11-6-7-12-14-15-13-7/h4-6H2,1-3H3,(H2,10,11,16)(H,12,13,14,15). The van der Waals surface area contributed by atoms with Gasteiger partial charge >= 0.3 is 6.03 Å². The van der Waals surface area contributed by atoms with Gasteiger partial charge in [-0.2, -0.15) is 17.0 Å². The van der Waals surface area contributed by atoms with Crippen molar-refractivity contribution in [3.8, 4) is 0 Å². The predicted octanol–water partition coefficient (Wildman–Crippen LogP) is 0.531. The quantitative estimate of drug-likeness (QED) is 0.670. The SMILES string of the molecule is CC(C)(C)SCCNC(=O)NCc1nn[nH]n1. The highest BCUT2D eigenvalue weighted by Crippen LogP contribution is 2.21. The van der Waals surface area contributed by atoms with Crippen LogP contribution in [0.2, 0.25) is 0 Å². The van der Waals surface area contributed by atoms with Crippen molar-refractivity contribution < 1.29 is 4.79 Å². The van der Waals surface area contributed by atoms with Crippen LogP contribution in [-0.2, 0) is 6.54 Å². The number of aromatic nitrogens is 4. The number of nitrogens with zero attached hydrogens (tertiary/aromatic N) is 3. The number of rotatable bonds is 5. The van der Waals surface area contributed by atoms with Crippen LogP contribution in [0.4, 0.5) is 4.79 Å². The third-order valence-electron chi connectivity index (χ3n) is 1.72. The Bertz CT molecular complexity index is 334. The maximum Gasteiger partial charge on any atom is 0.315 e. The molecule has 0 aromatic carbocycles. The first kappa shape index (κ1) is 13.8. The highest BCUT2D eigenvalue weighted by molar-refractivity contribution is 8.00. The zero-order chi connectivity index (χ0) is 12.7. The van der Waals surface area contributed by atoms with E-state index in [-0.39, 0.29) is 17.3 Å². The molecule has 0 aliphatic rings. The lowest BCUT2D eigenvalue weighted by Gasteiger charge is -2.17. The number of amides is 2. The lowest BCUT2D eigenvalue weighted by atomic mass is 10.3. The summed E-state index contributed by atoms with van der Waals surface area (Å²) >= 11 is 1.81. The van der Waals surface area contributed by atoms with E-state index in [1.54, 1.807) is 0 Å². The molecule has 3 N–H and O–H groups in total. The minimum absolute atomic E-state index is 0.218. The summed E-state index contributed by atoms with van der Waals surface area (Å²) in [5.41, 5.74) is 0. The minimum Gasteiger partial charge on any atom is -0.337 e. The molecule has 1 rings (SSSR count). The molecule has 0 spiro atoms. The zero-order valence-electron chi connectivity index (χ0n) is 10.3. The summed E-state index contributed by atoms with van der Waals surface area (Å²) in [6.07, 6.45) is 0. The summed E-state index contributed by atoms with van der Waals surface area (Å²) in [6, 6.07) is -0.218.